The summed E-state index contributed by atoms with van der Waals surface area (Å²) in [6.45, 7) is 2.86. The number of aliphatic hydroxyl groups is 4. The van der Waals surface area contributed by atoms with Gasteiger partial charge >= 0.3 is 0 Å². The van der Waals surface area contributed by atoms with Crippen LogP contribution in [-0.2, 0) is 18.9 Å². The third-order valence-corrected chi connectivity index (χ3v) is 4.65. The van der Waals surface area contributed by atoms with Crippen LogP contribution in [0.5, 0.6) is 0 Å². The van der Waals surface area contributed by atoms with Gasteiger partial charge in [0.25, 0.3) is 0 Å². The van der Waals surface area contributed by atoms with Crippen molar-refractivity contribution in [1.82, 2.24) is 0 Å². The largest absolute Gasteiger partial charge is 0.394 e. The first-order valence-corrected chi connectivity index (χ1v) is 8.28. The molecule has 0 bridgehead atoms. The van der Waals surface area contributed by atoms with E-state index < -0.39 is 55.3 Å². The zero-order valence-corrected chi connectivity index (χ0v) is 13.9. The molecule has 3 rings (SSSR count). The molecule has 0 radical (unpaired) electrons. The van der Waals surface area contributed by atoms with Crippen molar-refractivity contribution in [2.24, 2.45) is 0 Å². The standard InChI is InChI=1S/C16H26O8/c1-16(2)23-14-13(12(10(20)7-18)22-15(14)24-16)21-11-5-9(19)4-3-8(11)6-17/h3,9-15,17-20H,4-7H2,1-2H3/t9-,10+,11+,12+,13-,14+,15+/m0/s1. The topological polar surface area (TPSA) is 118 Å². The van der Waals surface area contributed by atoms with Crippen molar-refractivity contribution >= 4 is 0 Å². The molecule has 24 heavy (non-hydrogen) atoms. The van der Waals surface area contributed by atoms with E-state index in [1.807, 2.05) is 0 Å². The maximum atomic E-state index is 10.0. The fourth-order valence-electron chi connectivity index (χ4n) is 3.49. The van der Waals surface area contributed by atoms with Gasteiger partial charge in [-0.05, 0) is 25.8 Å². The number of hydrogen-bond donors (Lipinski definition) is 4. The lowest BCUT2D eigenvalue weighted by atomic mass is 9.94. The average Bonchev–Trinajstić information content (AvgIpc) is 3.00. The van der Waals surface area contributed by atoms with Crippen LogP contribution in [-0.4, -0.2) is 82.3 Å². The Morgan fingerprint density at radius 1 is 1.33 bits per heavy atom. The highest BCUT2D eigenvalue weighted by Gasteiger charge is 2.57. The Kier molecular flexibility index (Phi) is 5.29. The molecule has 7 atom stereocenters. The quantitative estimate of drug-likeness (QED) is 0.470. The molecule has 2 saturated heterocycles. The fourth-order valence-corrected chi connectivity index (χ4v) is 3.49. The highest BCUT2D eigenvalue weighted by atomic mass is 16.8. The van der Waals surface area contributed by atoms with Crippen molar-refractivity contribution in [3.63, 3.8) is 0 Å². The van der Waals surface area contributed by atoms with Gasteiger partial charge in [0, 0.05) is 6.42 Å². The Labute approximate surface area is 140 Å². The summed E-state index contributed by atoms with van der Waals surface area (Å²) < 4.78 is 23.3. The van der Waals surface area contributed by atoms with Gasteiger partial charge in [0.2, 0.25) is 0 Å². The lowest BCUT2D eigenvalue weighted by Gasteiger charge is -2.33. The number of rotatable bonds is 5. The van der Waals surface area contributed by atoms with Gasteiger partial charge in [-0.3, -0.25) is 0 Å². The number of fused-ring (bicyclic) bond motifs is 1. The maximum absolute atomic E-state index is 10.0. The molecule has 0 amide bonds. The molecule has 2 aliphatic heterocycles. The second-order valence-corrected chi connectivity index (χ2v) is 6.97. The number of ether oxygens (including phenoxy) is 4. The van der Waals surface area contributed by atoms with Gasteiger partial charge in [0.15, 0.2) is 12.1 Å². The minimum absolute atomic E-state index is 0.171. The molecule has 1 aliphatic carbocycles. The smallest absolute Gasteiger partial charge is 0.190 e. The zero-order chi connectivity index (χ0) is 17.5. The summed E-state index contributed by atoms with van der Waals surface area (Å²) >= 11 is 0. The Hall–Kier alpha value is -0.580. The van der Waals surface area contributed by atoms with E-state index in [0.717, 1.165) is 0 Å². The van der Waals surface area contributed by atoms with E-state index in [1.165, 1.54) is 0 Å². The van der Waals surface area contributed by atoms with Crippen LogP contribution in [0.25, 0.3) is 0 Å². The normalized spacial score (nSPS) is 42.7. The molecule has 138 valence electrons. The van der Waals surface area contributed by atoms with Crippen LogP contribution in [0.1, 0.15) is 26.7 Å². The minimum atomic E-state index is -1.15. The van der Waals surface area contributed by atoms with E-state index >= 15 is 0 Å². The predicted octanol–water partition coefficient (Wildman–Crippen LogP) is -0.957. The lowest BCUT2D eigenvalue weighted by Crippen LogP contribution is -2.46. The molecule has 2 heterocycles. The highest BCUT2D eigenvalue weighted by Crippen LogP contribution is 2.41. The van der Waals surface area contributed by atoms with E-state index in [9.17, 15) is 20.4 Å². The van der Waals surface area contributed by atoms with Crippen molar-refractivity contribution < 1.29 is 39.4 Å². The molecule has 8 heteroatoms. The third kappa shape index (κ3) is 3.51. The van der Waals surface area contributed by atoms with Crippen molar-refractivity contribution in [2.45, 2.75) is 75.4 Å². The summed E-state index contributed by atoms with van der Waals surface area (Å²) in [5, 5.41) is 38.7. The van der Waals surface area contributed by atoms with E-state index in [-0.39, 0.29) is 6.61 Å². The molecule has 0 spiro atoms. The number of aliphatic hydroxyl groups excluding tert-OH is 4. The first-order chi connectivity index (χ1) is 11.3. The molecule has 4 N–H and O–H groups in total. The van der Waals surface area contributed by atoms with Crippen molar-refractivity contribution in [3.8, 4) is 0 Å². The molecule has 0 aromatic carbocycles. The molecule has 3 aliphatic rings. The Morgan fingerprint density at radius 3 is 2.75 bits per heavy atom. The fraction of sp³-hybridized carbons (Fsp3) is 0.875. The minimum Gasteiger partial charge on any atom is -0.394 e. The molecular weight excluding hydrogens is 320 g/mol. The molecular formula is C16H26O8. The summed E-state index contributed by atoms with van der Waals surface area (Å²) in [5.74, 6) is -0.839. The van der Waals surface area contributed by atoms with E-state index in [1.54, 1.807) is 19.9 Å². The van der Waals surface area contributed by atoms with Gasteiger partial charge in [-0.2, -0.15) is 0 Å². The van der Waals surface area contributed by atoms with Gasteiger partial charge in [0.05, 0.1) is 25.4 Å². The summed E-state index contributed by atoms with van der Waals surface area (Å²) in [4.78, 5) is 0. The van der Waals surface area contributed by atoms with Gasteiger partial charge in [-0.25, -0.2) is 0 Å². The van der Waals surface area contributed by atoms with E-state index in [2.05, 4.69) is 0 Å². The Balaban J connectivity index is 1.79. The van der Waals surface area contributed by atoms with Crippen molar-refractivity contribution in [2.75, 3.05) is 13.2 Å². The summed E-state index contributed by atoms with van der Waals surface area (Å²) in [5.41, 5.74) is 0.680. The van der Waals surface area contributed by atoms with Crippen LogP contribution in [0.3, 0.4) is 0 Å². The molecule has 0 unspecified atom stereocenters. The number of hydrogen-bond acceptors (Lipinski definition) is 8. The first-order valence-electron chi connectivity index (χ1n) is 8.28. The second-order valence-electron chi connectivity index (χ2n) is 6.97. The van der Waals surface area contributed by atoms with Gasteiger partial charge in [0.1, 0.15) is 24.4 Å². The first kappa shape index (κ1) is 18.2. The van der Waals surface area contributed by atoms with Crippen LogP contribution in [0, 0.1) is 0 Å². The molecule has 8 nitrogen and oxygen atoms in total. The highest BCUT2D eigenvalue weighted by molar-refractivity contribution is 5.14. The SMILES string of the molecule is CC1(C)O[C@H]2O[C@H]([C@H](O)CO)[C@H](O[C@@H]3C[C@@H](O)CC=C3CO)[C@H]2O1. The van der Waals surface area contributed by atoms with Crippen LogP contribution in [0.15, 0.2) is 11.6 Å². The van der Waals surface area contributed by atoms with Gasteiger partial charge in [-0.15, -0.1) is 0 Å². The molecule has 0 aromatic rings. The summed E-state index contributed by atoms with van der Waals surface area (Å²) in [7, 11) is 0. The monoisotopic (exact) mass is 346 g/mol. The predicted molar refractivity (Wildman–Crippen MR) is 80.9 cm³/mol. The molecule has 2 fully saturated rings. The van der Waals surface area contributed by atoms with Gasteiger partial charge in [-0.1, -0.05) is 6.08 Å². The Morgan fingerprint density at radius 2 is 2.08 bits per heavy atom. The average molecular weight is 346 g/mol. The van der Waals surface area contributed by atoms with Crippen LogP contribution in [0.4, 0.5) is 0 Å². The maximum Gasteiger partial charge on any atom is 0.190 e. The summed E-state index contributed by atoms with van der Waals surface area (Å²) in [6, 6.07) is 0. The summed E-state index contributed by atoms with van der Waals surface area (Å²) in [6.07, 6.45) is -2.41. The Bertz CT molecular complexity index is 479. The molecule has 0 saturated carbocycles. The van der Waals surface area contributed by atoms with E-state index in [4.69, 9.17) is 18.9 Å². The van der Waals surface area contributed by atoms with Crippen LogP contribution < -0.4 is 0 Å². The molecule has 0 aromatic heterocycles. The van der Waals surface area contributed by atoms with E-state index in [0.29, 0.717) is 18.4 Å². The third-order valence-electron chi connectivity index (χ3n) is 4.65. The van der Waals surface area contributed by atoms with Crippen molar-refractivity contribution in [3.05, 3.63) is 11.6 Å². The van der Waals surface area contributed by atoms with Crippen LogP contribution >= 0.6 is 0 Å². The van der Waals surface area contributed by atoms with Gasteiger partial charge < -0.3 is 39.4 Å². The van der Waals surface area contributed by atoms with Crippen LogP contribution in [0.2, 0.25) is 0 Å². The lowest BCUT2D eigenvalue weighted by molar-refractivity contribution is -0.234. The second kappa shape index (κ2) is 6.97. The van der Waals surface area contributed by atoms with Crippen molar-refractivity contribution in [1.29, 1.82) is 0 Å². The zero-order valence-electron chi connectivity index (χ0n) is 13.9.